The van der Waals surface area contributed by atoms with Crippen LogP contribution in [0.1, 0.15) is 54.4 Å². The van der Waals surface area contributed by atoms with Crippen LogP contribution in [0.25, 0.3) is 0 Å². The molecule has 1 atom stereocenters. The van der Waals surface area contributed by atoms with Gasteiger partial charge >= 0.3 is 0 Å². The topological polar surface area (TPSA) is 56.2 Å². The standard InChI is InChI=1S/C16H34N2O3/c1-7-17(8-2)11-13(19)12-21-14-9-15(3,4)18(20)16(5,6)10-14/h13-14,19-20H,7-12H2,1-6H3. The second kappa shape index (κ2) is 7.38. The average Bonchev–Trinajstić information content (AvgIpc) is 2.39. The Morgan fingerprint density at radius 1 is 1.14 bits per heavy atom. The number of hydrogen-bond donors (Lipinski definition) is 2. The van der Waals surface area contributed by atoms with Gasteiger partial charge in [0.05, 0.1) is 18.8 Å². The lowest BCUT2D eigenvalue weighted by Crippen LogP contribution is -2.60. The second-order valence-corrected chi connectivity index (χ2v) is 7.44. The van der Waals surface area contributed by atoms with Gasteiger partial charge in [0.25, 0.3) is 0 Å². The third-order valence-electron chi connectivity index (χ3n) is 4.49. The monoisotopic (exact) mass is 302 g/mol. The highest BCUT2D eigenvalue weighted by atomic mass is 16.5. The molecule has 1 saturated heterocycles. The summed E-state index contributed by atoms with van der Waals surface area (Å²) in [6.45, 7) is 15.2. The SMILES string of the molecule is CCN(CC)CC(O)COC1CC(C)(C)N(O)C(C)(C)C1. The van der Waals surface area contributed by atoms with Gasteiger partial charge in [-0.15, -0.1) is 0 Å². The molecule has 1 unspecified atom stereocenters. The molecule has 1 heterocycles. The molecule has 21 heavy (non-hydrogen) atoms. The van der Waals surface area contributed by atoms with Gasteiger partial charge in [0, 0.05) is 17.6 Å². The maximum absolute atomic E-state index is 10.3. The van der Waals surface area contributed by atoms with Crippen molar-refractivity contribution in [2.45, 2.75) is 77.7 Å². The number of rotatable bonds is 7. The highest BCUT2D eigenvalue weighted by Gasteiger charge is 2.45. The van der Waals surface area contributed by atoms with Crippen LogP contribution in [0.2, 0.25) is 0 Å². The average molecular weight is 302 g/mol. The quantitative estimate of drug-likeness (QED) is 0.754. The molecule has 1 aliphatic heterocycles. The van der Waals surface area contributed by atoms with Gasteiger partial charge in [-0.3, -0.25) is 0 Å². The summed E-state index contributed by atoms with van der Waals surface area (Å²) < 4.78 is 5.94. The van der Waals surface area contributed by atoms with Crippen LogP contribution in [-0.2, 0) is 4.74 Å². The van der Waals surface area contributed by atoms with E-state index in [9.17, 15) is 10.3 Å². The number of ether oxygens (including phenoxy) is 1. The first-order chi connectivity index (χ1) is 9.62. The molecule has 0 aromatic rings. The Hall–Kier alpha value is -0.200. The van der Waals surface area contributed by atoms with Gasteiger partial charge in [-0.05, 0) is 53.6 Å². The molecule has 0 radical (unpaired) electrons. The smallest absolute Gasteiger partial charge is 0.0900 e. The van der Waals surface area contributed by atoms with E-state index in [1.165, 1.54) is 5.06 Å². The molecule has 2 N–H and O–H groups in total. The van der Waals surface area contributed by atoms with Gasteiger partial charge < -0.3 is 20.0 Å². The van der Waals surface area contributed by atoms with E-state index in [2.05, 4.69) is 18.7 Å². The third-order valence-corrected chi connectivity index (χ3v) is 4.49. The Morgan fingerprint density at radius 3 is 2.05 bits per heavy atom. The van der Waals surface area contributed by atoms with Crippen molar-refractivity contribution in [3.05, 3.63) is 0 Å². The van der Waals surface area contributed by atoms with Crippen LogP contribution in [0.15, 0.2) is 0 Å². The fraction of sp³-hybridized carbons (Fsp3) is 1.00. The van der Waals surface area contributed by atoms with Gasteiger partial charge in [0.1, 0.15) is 0 Å². The lowest BCUT2D eigenvalue weighted by Gasteiger charge is -2.51. The minimum atomic E-state index is -0.455. The van der Waals surface area contributed by atoms with Crippen molar-refractivity contribution in [3.63, 3.8) is 0 Å². The van der Waals surface area contributed by atoms with Crippen molar-refractivity contribution in [2.75, 3.05) is 26.2 Å². The van der Waals surface area contributed by atoms with Gasteiger partial charge in [-0.25, -0.2) is 0 Å². The molecule has 0 saturated carbocycles. The molecule has 0 bridgehead atoms. The van der Waals surface area contributed by atoms with E-state index in [0.717, 1.165) is 25.9 Å². The first-order valence-electron chi connectivity index (χ1n) is 8.13. The highest BCUT2D eigenvalue weighted by Crippen LogP contribution is 2.37. The predicted molar refractivity (Wildman–Crippen MR) is 84.6 cm³/mol. The van der Waals surface area contributed by atoms with Gasteiger partial charge in [-0.1, -0.05) is 13.8 Å². The van der Waals surface area contributed by atoms with Crippen LogP contribution in [-0.4, -0.2) is 69.8 Å². The van der Waals surface area contributed by atoms with Crippen LogP contribution in [0.5, 0.6) is 0 Å². The zero-order valence-corrected chi connectivity index (χ0v) is 14.6. The molecule has 0 aromatic heterocycles. The maximum Gasteiger partial charge on any atom is 0.0900 e. The minimum absolute atomic E-state index is 0.0738. The van der Waals surface area contributed by atoms with E-state index in [4.69, 9.17) is 4.74 Å². The van der Waals surface area contributed by atoms with Crippen LogP contribution in [0.3, 0.4) is 0 Å². The molecule has 1 fully saturated rings. The molecule has 5 heteroatoms. The van der Waals surface area contributed by atoms with Crippen molar-refractivity contribution in [1.29, 1.82) is 0 Å². The predicted octanol–water partition coefficient (Wildman–Crippen LogP) is 2.12. The molecule has 0 aromatic carbocycles. The molecule has 126 valence electrons. The lowest BCUT2D eigenvalue weighted by atomic mass is 9.80. The maximum atomic E-state index is 10.3. The number of nitrogens with zero attached hydrogens (tertiary/aromatic N) is 2. The Morgan fingerprint density at radius 2 is 1.62 bits per heavy atom. The number of piperidine rings is 1. The van der Waals surface area contributed by atoms with Crippen molar-refractivity contribution < 1.29 is 15.1 Å². The fourth-order valence-corrected chi connectivity index (χ4v) is 3.38. The first kappa shape index (κ1) is 18.8. The van der Waals surface area contributed by atoms with Crippen molar-refractivity contribution >= 4 is 0 Å². The van der Waals surface area contributed by atoms with E-state index in [-0.39, 0.29) is 17.2 Å². The van der Waals surface area contributed by atoms with E-state index in [1.54, 1.807) is 0 Å². The van der Waals surface area contributed by atoms with Crippen LogP contribution < -0.4 is 0 Å². The number of hydroxylamine groups is 2. The molecular weight excluding hydrogens is 268 g/mol. The number of likely N-dealkylation sites (N-methyl/N-ethyl adjacent to an activating group) is 1. The lowest BCUT2D eigenvalue weighted by molar-refractivity contribution is -0.262. The second-order valence-electron chi connectivity index (χ2n) is 7.44. The fourth-order valence-electron chi connectivity index (χ4n) is 3.38. The summed E-state index contributed by atoms with van der Waals surface area (Å²) in [5.41, 5.74) is -0.619. The number of aliphatic hydroxyl groups excluding tert-OH is 1. The zero-order chi connectivity index (χ0) is 16.3. The van der Waals surface area contributed by atoms with Crippen molar-refractivity contribution in [2.24, 2.45) is 0 Å². The summed E-state index contributed by atoms with van der Waals surface area (Å²) in [5.74, 6) is 0. The minimum Gasteiger partial charge on any atom is -0.389 e. The largest absolute Gasteiger partial charge is 0.389 e. The summed E-state index contributed by atoms with van der Waals surface area (Å²) in [5, 5.41) is 21.8. The summed E-state index contributed by atoms with van der Waals surface area (Å²) in [6, 6.07) is 0. The van der Waals surface area contributed by atoms with Crippen molar-refractivity contribution in [1.82, 2.24) is 9.96 Å². The molecule has 1 rings (SSSR count). The van der Waals surface area contributed by atoms with E-state index < -0.39 is 6.10 Å². The summed E-state index contributed by atoms with van der Waals surface area (Å²) in [4.78, 5) is 2.19. The number of hydrogen-bond acceptors (Lipinski definition) is 5. The Balaban J connectivity index is 2.48. The molecular formula is C16H34N2O3. The summed E-state index contributed by atoms with van der Waals surface area (Å²) >= 11 is 0. The molecule has 0 spiro atoms. The molecule has 1 aliphatic rings. The van der Waals surface area contributed by atoms with Gasteiger partial charge in [0.2, 0.25) is 0 Å². The zero-order valence-electron chi connectivity index (χ0n) is 14.6. The van der Waals surface area contributed by atoms with Gasteiger partial charge in [0.15, 0.2) is 0 Å². The van der Waals surface area contributed by atoms with Crippen LogP contribution in [0.4, 0.5) is 0 Å². The normalized spacial score (nSPS) is 24.4. The van der Waals surface area contributed by atoms with Crippen LogP contribution in [0, 0.1) is 0 Å². The highest BCUT2D eigenvalue weighted by molar-refractivity contribution is 4.96. The molecule has 0 aliphatic carbocycles. The first-order valence-corrected chi connectivity index (χ1v) is 8.13. The van der Waals surface area contributed by atoms with E-state index in [1.807, 2.05) is 27.7 Å². The third kappa shape index (κ3) is 5.18. The molecule has 5 nitrogen and oxygen atoms in total. The Bertz CT molecular complexity index is 299. The van der Waals surface area contributed by atoms with E-state index >= 15 is 0 Å². The van der Waals surface area contributed by atoms with Gasteiger partial charge in [-0.2, -0.15) is 5.06 Å². The van der Waals surface area contributed by atoms with Crippen LogP contribution >= 0.6 is 0 Å². The van der Waals surface area contributed by atoms with E-state index in [0.29, 0.717) is 13.2 Å². The molecule has 0 amide bonds. The Kier molecular flexibility index (Phi) is 6.62. The Labute approximate surface area is 129 Å². The number of aliphatic hydroxyl groups is 1. The summed E-state index contributed by atoms with van der Waals surface area (Å²) in [7, 11) is 0. The summed E-state index contributed by atoms with van der Waals surface area (Å²) in [6.07, 6.45) is 1.16. The van der Waals surface area contributed by atoms with Crippen molar-refractivity contribution in [3.8, 4) is 0 Å².